The van der Waals surface area contributed by atoms with Crippen LogP contribution in [0.15, 0.2) is 285 Å². The number of hydrogen-bond donors (Lipinski definition) is 0. The molecule has 0 fully saturated rings. The lowest BCUT2D eigenvalue weighted by Crippen LogP contribution is -2.61. The SMILES string of the molecule is [2H]c1c([2H])c([2H])c2c(c1[2H])c1c([2H])c([2H])c([2H])c([2H])c1n2-c1ccc2c(c1)N(c1cc(-c3ccccc3)cc(-c3ccccc3)c1)c1cc(-c3cccc(C(C)(C)C)c3)cc3c1B2c1ccc(-c2cc(C(C)(C)C)cc(C(C)(C)C)c2)cc1N3c1cc(C#N)cc(-n2c3ccccc3c3ccccc32)c1. The molecular weight excluding hydrogens is 1170 g/mol. The summed E-state index contributed by atoms with van der Waals surface area (Å²) in [5.74, 6) is 0. The Kier molecular flexibility index (Phi) is 11.8. The van der Waals surface area contributed by atoms with E-state index >= 15 is 0 Å². The van der Waals surface area contributed by atoms with Crippen molar-refractivity contribution in [2.75, 3.05) is 9.80 Å². The van der Waals surface area contributed by atoms with E-state index in [0.717, 1.165) is 128 Å². The average molecular weight is 1260 g/mol. The topological polar surface area (TPSA) is 40.1 Å². The van der Waals surface area contributed by atoms with E-state index in [1.807, 2.05) is 60.7 Å². The third-order valence-electron chi connectivity index (χ3n) is 19.9. The molecule has 0 saturated heterocycles. The summed E-state index contributed by atoms with van der Waals surface area (Å²) < 4.78 is 78.7. The Labute approximate surface area is 580 Å². The summed E-state index contributed by atoms with van der Waals surface area (Å²) in [6.45, 7) is 19.8. The van der Waals surface area contributed by atoms with Gasteiger partial charge < -0.3 is 18.9 Å². The number of anilines is 6. The van der Waals surface area contributed by atoms with E-state index in [0.29, 0.717) is 11.3 Å². The number of aromatic nitrogens is 2. The highest BCUT2D eigenvalue weighted by molar-refractivity contribution is 7.00. The largest absolute Gasteiger partial charge is 0.311 e. The highest BCUT2D eigenvalue weighted by Crippen LogP contribution is 2.50. The van der Waals surface area contributed by atoms with Crippen molar-refractivity contribution in [3.63, 3.8) is 0 Å². The molecule has 0 radical (unpaired) electrons. The van der Waals surface area contributed by atoms with Crippen molar-refractivity contribution in [1.82, 2.24) is 9.13 Å². The van der Waals surface area contributed by atoms with Crippen molar-refractivity contribution in [2.45, 2.75) is 78.6 Å². The molecule has 6 heteroatoms. The van der Waals surface area contributed by atoms with Crippen LogP contribution in [0.4, 0.5) is 34.1 Å². The zero-order valence-electron chi connectivity index (χ0n) is 63.8. The first-order chi connectivity index (χ1) is 50.2. The van der Waals surface area contributed by atoms with Crippen LogP contribution in [0, 0.1) is 11.3 Å². The average Bonchev–Trinajstić information content (AvgIpc) is 1.33. The molecule has 4 heterocycles. The number of hydrogen-bond acceptors (Lipinski definition) is 3. The van der Waals surface area contributed by atoms with Gasteiger partial charge >= 0.3 is 0 Å². The molecule has 0 unspecified atom stereocenters. The van der Waals surface area contributed by atoms with Crippen LogP contribution in [0.3, 0.4) is 0 Å². The molecule has 0 aliphatic carbocycles. The summed E-state index contributed by atoms with van der Waals surface area (Å²) in [6, 6.07) is 83.1. The third kappa shape index (κ3) is 9.98. The van der Waals surface area contributed by atoms with Crippen molar-refractivity contribution in [1.29, 1.82) is 5.26 Å². The van der Waals surface area contributed by atoms with Crippen molar-refractivity contribution in [3.05, 3.63) is 307 Å². The molecule has 0 saturated carbocycles. The smallest absolute Gasteiger partial charge is 0.252 e. The number of nitriles is 1. The minimum Gasteiger partial charge on any atom is -0.311 e. The number of benzene rings is 13. The number of rotatable bonds is 8. The second-order valence-electron chi connectivity index (χ2n) is 29.2. The Bertz CT molecular complexity index is 6030. The van der Waals surface area contributed by atoms with Crippen molar-refractivity contribution in [2.24, 2.45) is 0 Å². The lowest BCUT2D eigenvalue weighted by molar-refractivity contribution is 0.569. The zero-order chi connectivity index (χ0) is 73.2. The fourth-order valence-electron chi connectivity index (χ4n) is 15.0. The van der Waals surface area contributed by atoms with Crippen molar-refractivity contribution < 1.29 is 11.0 Å². The highest BCUT2D eigenvalue weighted by Gasteiger charge is 2.45. The Morgan fingerprint density at radius 2 is 0.763 bits per heavy atom. The van der Waals surface area contributed by atoms with Gasteiger partial charge in [0, 0.05) is 67.0 Å². The molecule has 466 valence electrons. The van der Waals surface area contributed by atoms with Gasteiger partial charge in [-0.2, -0.15) is 5.26 Å². The maximum Gasteiger partial charge on any atom is 0.252 e. The molecule has 0 N–H and O–H groups in total. The maximum atomic E-state index is 11.5. The van der Waals surface area contributed by atoms with Crippen LogP contribution >= 0.6 is 0 Å². The Morgan fingerprint density at radius 3 is 1.33 bits per heavy atom. The van der Waals surface area contributed by atoms with Crippen molar-refractivity contribution >= 4 is 101 Å². The van der Waals surface area contributed by atoms with Crippen LogP contribution in [0.25, 0.3) is 99.5 Å². The minimum atomic E-state index is -0.508. The summed E-state index contributed by atoms with van der Waals surface area (Å²) in [6.07, 6.45) is 0. The van der Waals surface area contributed by atoms with Crippen LogP contribution in [0.2, 0.25) is 0 Å². The lowest BCUT2D eigenvalue weighted by atomic mass is 9.33. The molecule has 0 spiro atoms. The van der Waals surface area contributed by atoms with Gasteiger partial charge in [-0.15, -0.1) is 0 Å². The fourth-order valence-corrected chi connectivity index (χ4v) is 15.0. The molecule has 13 aromatic carbocycles. The number of fused-ring (bicyclic) bond motifs is 10. The molecule has 0 amide bonds. The maximum absolute atomic E-state index is 11.5. The monoisotopic (exact) mass is 1260 g/mol. The van der Waals surface area contributed by atoms with Crippen LogP contribution < -0.4 is 26.2 Å². The van der Waals surface area contributed by atoms with Crippen LogP contribution in [-0.2, 0) is 16.2 Å². The van der Waals surface area contributed by atoms with Gasteiger partial charge in [-0.3, -0.25) is 0 Å². The van der Waals surface area contributed by atoms with E-state index in [2.05, 4.69) is 259 Å². The molecular formula is C91H74BN5. The van der Waals surface area contributed by atoms with Gasteiger partial charge in [-0.05, 0) is 185 Å². The molecule has 5 nitrogen and oxygen atoms in total. The van der Waals surface area contributed by atoms with Gasteiger partial charge in [0.2, 0.25) is 0 Å². The minimum absolute atomic E-state index is 0.000654. The Hall–Kier alpha value is -11.4. The molecule has 17 rings (SSSR count). The molecule has 97 heavy (non-hydrogen) atoms. The molecule has 2 aromatic heterocycles. The van der Waals surface area contributed by atoms with E-state index in [1.165, 1.54) is 11.1 Å². The molecule has 0 bridgehead atoms. The highest BCUT2D eigenvalue weighted by atomic mass is 15.2. The van der Waals surface area contributed by atoms with Crippen molar-refractivity contribution in [3.8, 4) is 62.0 Å². The predicted molar refractivity (Wildman–Crippen MR) is 412 cm³/mol. The summed E-state index contributed by atoms with van der Waals surface area (Å²) in [4.78, 5) is 4.73. The Balaban J connectivity index is 1.04. The number of para-hydroxylation sites is 4. The lowest BCUT2D eigenvalue weighted by Gasteiger charge is -2.45. The van der Waals surface area contributed by atoms with Gasteiger partial charge in [-0.1, -0.05) is 256 Å². The standard InChI is InChI=1S/C91H74BN5/c1-89(2,3)67-30-24-29-61(46-67)66-52-86-88-87(53-66)97(73-49-63(59-25-12-10-13-26-59)45-64(50-73)60-27-14-11-15-28-60)85-56-70(94-80-35-20-16-31-74(80)75-32-17-21-36-81(75)94)40-42-79(85)92(88)78-41-39-62(65-47-68(90(4,5)6)54-69(48-65)91(7,8)9)51-84(78)96(86)72-44-58(57-93)43-71(55-72)95-82-37-22-18-33-76(82)77-34-19-23-38-83(77)95/h10-56H,1-9H3/i16D,17D,20D,21D,31D,32D,35D,36D. The zero-order valence-corrected chi connectivity index (χ0v) is 55.8. The van der Waals surface area contributed by atoms with E-state index in [1.54, 1.807) is 4.57 Å². The van der Waals surface area contributed by atoms with Crippen LogP contribution in [0.1, 0.15) is 95.5 Å². The summed E-state index contributed by atoms with van der Waals surface area (Å²) in [7, 11) is 0. The first kappa shape index (κ1) is 51.0. The first-order valence-corrected chi connectivity index (χ1v) is 33.4. The van der Waals surface area contributed by atoms with E-state index < -0.39 is 43.0 Å². The quantitative estimate of drug-likeness (QED) is 0.142. The second kappa shape index (κ2) is 22.4. The van der Waals surface area contributed by atoms with Gasteiger partial charge in [0.1, 0.15) is 0 Å². The fraction of sp³-hybridized carbons (Fsp3) is 0.132. The predicted octanol–water partition coefficient (Wildman–Crippen LogP) is 22.4. The van der Waals surface area contributed by atoms with Gasteiger partial charge in [0.25, 0.3) is 6.71 Å². The van der Waals surface area contributed by atoms with Gasteiger partial charge in [0.05, 0.1) is 44.7 Å². The van der Waals surface area contributed by atoms with E-state index in [-0.39, 0.29) is 50.1 Å². The molecule has 15 aromatic rings. The molecule has 2 aliphatic heterocycles. The van der Waals surface area contributed by atoms with Crippen LogP contribution in [-0.4, -0.2) is 15.8 Å². The van der Waals surface area contributed by atoms with Gasteiger partial charge in [0.15, 0.2) is 0 Å². The molecule has 2 aliphatic rings. The molecule has 0 atom stereocenters. The first-order valence-electron chi connectivity index (χ1n) is 37.4. The van der Waals surface area contributed by atoms with Gasteiger partial charge in [-0.25, -0.2) is 0 Å². The normalized spacial score (nSPS) is 14.1. The summed E-state index contributed by atoms with van der Waals surface area (Å²) in [5, 5.41) is 13.7. The summed E-state index contributed by atoms with van der Waals surface area (Å²) >= 11 is 0. The number of nitrogens with zero attached hydrogens (tertiary/aromatic N) is 5. The Morgan fingerprint density at radius 1 is 0.320 bits per heavy atom. The van der Waals surface area contributed by atoms with E-state index in [9.17, 15) is 13.5 Å². The van der Waals surface area contributed by atoms with Crippen LogP contribution in [0.5, 0.6) is 0 Å². The van der Waals surface area contributed by atoms with E-state index in [4.69, 9.17) is 2.74 Å². The second-order valence-corrected chi connectivity index (χ2v) is 29.2. The third-order valence-corrected chi connectivity index (χ3v) is 19.9. The summed E-state index contributed by atoms with van der Waals surface area (Å²) in [5.41, 5.74) is 22.5.